The van der Waals surface area contributed by atoms with Crippen LogP contribution in [0.1, 0.15) is 51.3 Å². The number of nitrogens with one attached hydrogen (secondary N) is 1. The maximum absolute atomic E-state index is 13.1. The molecule has 28 heavy (non-hydrogen) atoms. The molecule has 0 aliphatic carbocycles. The molecule has 2 atom stereocenters. The van der Waals surface area contributed by atoms with Gasteiger partial charge in [-0.1, -0.05) is 26.0 Å². The zero-order valence-electron chi connectivity index (χ0n) is 16.0. The molecular formula is C22H24N2O4. The van der Waals surface area contributed by atoms with Crippen LogP contribution in [-0.2, 0) is 0 Å². The molecule has 6 nitrogen and oxygen atoms in total. The number of likely N-dealkylation sites (tertiary alicyclic amines) is 1. The first-order chi connectivity index (χ1) is 13.3. The Kier molecular flexibility index (Phi) is 5.78. The predicted octanol–water partition coefficient (Wildman–Crippen LogP) is 3.76. The van der Waals surface area contributed by atoms with Crippen molar-refractivity contribution in [3.63, 3.8) is 0 Å². The van der Waals surface area contributed by atoms with Crippen molar-refractivity contribution in [2.45, 2.75) is 20.3 Å². The van der Waals surface area contributed by atoms with Gasteiger partial charge in [0.15, 0.2) is 0 Å². The Morgan fingerprint density at radius 2 is 1.50 bits per heavy atom. The van der Waals surface area contributed by atoms with E-state index in [1.165, 1.54) is 24.3 Å². The van der Waals surface area contributed by atoms with Crippen LogP contribution in [0.3, 0.4) is 0 Å². The molecule has 0 radical (unpaired) electrons. The van der Waals surface area contributed by atoms with E-state index in [0.717, 1.165) is 6.42 Å². The Bertz CT molecular complexity index is 882. The number of para-hydroxylation sites is 1. The standard InChI is InChI=1S/C22H24N2O4/c1-14-11-15(2)13-24(12-14)21(26)18-5-3-4-6-19(18)23-20(25)16-7-9-17(10-8-16)22(27)28/h3-10,14-15H,11-13H2,1-2H3,(H,23,25)(H,27,28). The molecule has 146 valence electrons. The molecule has 0 bridgehead atoms. The number of hydrogen-bond donors (Lipinski definition) is 2. The monoisotopic (exact) mass is 380 g/mol. The molecule has 6 heteroatoms. The van der Waals surface area contributed by atoms with Crippen LogP contribution in [0.4, 0.5) is 5.69 Å². The fraction of sp³-hybridized carbons (Fsp3) is 0.318. The van der Waals surface area contributed by atoms with Crippen molar-refractivity contribution in [1.29, 1.82) is 0 Å². The van der Waals surface area contributed by atoms with Crippen LogP contribution < -0.4 is 5.32 Å². The van der Waals surface area contributed by atoms with Crippen LogP contribution in [0.5, 0.6) is 0 Å². The van der Waals surface area contributed by atoms with Gasteiger partial charge in [0.2, 0.25) is 0 Å². The predicted molar refractivity (Wildman–Crippen MR) is 107 cm³/mol. The third-order valence-electron chi connectivity index (χ3n) is 4.96. The molecule has 2 unspecified atom stereocenters. The van der Waals surface area contributed by atoms with Crippen molar-refractivity contribution in [2.24, 2.45) is 11.8 Å². The molecule has 0 aromatic heterocycles. The van der Waals surface area contributed by atoms with Gasteiger partial charge in [0.25, 0.3) is 11.8 Å². The lowest BCUT2D eigenvalue weighted by atomic mass is 9.91. The first kappa shape index (κ1) is 19.6. The summed E-state index contributed by atoms with van der Waals surface area (Å²) in [5.41, 5.74) is 1.35. The number of benzene rings is 2. The third kappa shape index (κ3) is 4.39. The van der Waals surface area contributed by atoms with Crippen molar-refractivity contribution in [2.75, 3.05) is 18.4 Å². The van der Waals surface area contributed by atoms with Gasteiger partial charge in [-0.2, -0.15) is 0 Å². The number of piperidine rings is 1. The molecular weight excluding hydrogens is 356 g/mol. The number of carboxylic acid groups (broad SMARTS) is 1. The summed E-state index contributed by atoms with van der Waals surface area (Å²) < 4.78 is 0. The molecule has 2 aromatic carbocycles. The summed E-state index contributed by atoms with van der Waals surface area (Å²) in [7, 11) is 0. The molecule has 0 spiro atoms. The highest BCUT2D eigenvalue weighted by Gasteiger charge is 2.27. The summed E-state index contributed by atoms with van der Waals surface area (Å²) in [6.45, 7) is 5.71. The molecule has 3 rings (SSSR count). The molecule has 1 fully saturated rings. The van der Waals surface area contributed by atoms with Crippen LogP contribution >= 0.6 is 0 Å². The summed E-state index contributed by atoms with van der Waals surface area (Å²) in [5, 5.41) is 11.7. The average Bonchev–Trinajstić information content (AvgIpc) is 2.67. The minimum Gasteiger partial charge on any atom is -0.478 e. The summed E-state index contributed by atoms with van der Waals surface area (Å²) in [4.78, 5) is 38.4. The smallest absolute Gasteiger partial charge is 0.335 e. The first-order valence-corrected chi connectivity index (χ1v) is 9.38. The summed E-state index contributed by atoms with van der Waals surface area (Å²) in [6, 6.07) is 12.6. The summed E-state index contributed by atoms with van der Waals surface area (Å²) >= 11 is 0. The van der Waals surface area contributed by atoms with Gasteiger partial charge < -0.3 is 15.3 Å². The Morgan fingerprint density at radius 3 is 2.11 bits per heavy atom. The molecule has 1 aliphatic rings. The van der Waals surface area contributed by atoms with E-state index in [1.54, 1.807) is 24.3 Å². The van der Waals surface area contributed by atoms with Crippen molar-refractivity contribution in [3.8, 4) is 0 Å². The van der Waals surface area contributed by atoms with Crippen LogP contribution in [0.15, 0.2) is 48.5 Å². The highest BCUT2D eigenvalue weighted by Crippen LogP contribution is 2.25. The molecule has 1 heterocycles. The van der Waals surface area contributed by atoms with Gasteiger partial charge in [-0.3, -0.25) is 9.59 Å². The van der Waals surface area contributed by atoms with Gasteiger partial charge in [0.1, 0.15) is 0 Å². The fourth-order valence-electron chi connectivity index (χ4n) is 3.74. The zero-order valence-corrected chi connectivity index (χ0v) is 16.0. The summed E-state index contributed by atoms with van der Waals surface area (Å²) in [6.07, 6.45) is 1.11. The Labute approximate surface area is 164 Å². The minimum atomic E-state index is -1.05. The molecule has 2 N–H and O–H groups in total. The SMILES string of the molecule is CC1CC(C)CN(C(=O)c2ccccc2NC(=O)c2ccc(C(=O)O)cc2)C1. The van der Waals surface area contributed by atoms with Gasteiger partial charge in [-0.25, -0.2) is 4.79 Å². The lowest BCUT2D eigenvalue weighted by Crippen LogP contribution is -2.42. The maximum Gasteiger partial charge on any atom is 0.335 e. The van der Waals surface area contributed by atoms with E-state index in [9.17, 15) is 14.4 Å². The number of hydrogen-bond acceptors (Lipinski definition) is 3. The normalized spacial score (nSPS) is 19.1. The zero-order chi connectivity index (χ0) is 20.3. The number of amides is 2. The largest absolute Gasteiger partial charge is 0.478 e. The number of anilines is 1. The molecule has 2 aromatic rings. The highest BCUT2D eigenvalue weighted by molar-refractivity contribution is 6.09. The average molecular weight is 380 g/mol. The molecule has 1 saturated heterocycles. The van der Waals surface area contributed by atoms with Crippen molar-refractivity contribution < 1.29 is 19.5 Å². The Hall–Kier alpha value is -3.15. The topological polar surface area (TPSA) is 86.7 Å². The van der Waals surface area contributed by atoms with Gasteiger partial charge in [0.05, 0.1) is 16.8 Å². The first-order valence-electron chi connectivity index (χ1n) is 9.38. The lowest BCUT2D eigenvalue weighted by Gasteiger charge is -2.35. The maximum atomic E-state index is 13.1. The number of carboxylic acids is 1. The minimum absolute atomic E-state index is 0.0875. The number of carbonyl (C=O) groups is 3. The second-order valence-corrected chi connectivity index (χ2v) is 7.54. The van der Waals surface area contributed by atoms with Crippen molar-refractivity contribution in [3.05, 3.63) is 65.2 Å². The van der Waals surface area contributed by atoms with E-state index in [2.05, 4.69) is 19.2 Å². The van der Waals surface area contributed by atoms with Crippen molar-refractivity contribution >= 4 is 23.5 Å². The van der Waals surface area contributed by atoms with E-state index < -0.39 is 11.9 Å². The quantitative estimate of drug-likeness (QED) is 0.846. The molecule has 0 saturated carbocycles. The van der Waals surface area contributed by atoms with E-state index in [-0.39, 0.29) is 11.5 Å². The number of rotatable bonds is 4. The van der Waals surface area contributed by atoms with Gasteiger partial charge in [0, 0.05) is 18.7 Å². The fourth-order valence-corrected chi connectivity index (χ4v) is 3.74. The van der Waals surface area contributed by atoms with E-state index >= 15 is 0 Å². The van der Waals surface area contributed by atoms with Gasteiger partial charge in [-0.05, 0) is 54.7 Å². The molecule has 1 aliphatic heterocycles. The number of nitrogens with zero attached hydrogens (tertiary/aromatic N) is 1. The van der Waals surface area contributed by atoms with Gasteiger partial charge in [-0.15, -0.1) is 0 Å². The summed E-state index contributed by atoms with van der Waals surface area (Å²) in [5.74, 6) is -0.634. The van der Waals surface area contributed by atoms with Crippen LogP contribution in [0.2, 0.25) is 0 Å². The highest BCUT2D eigenvalue weighted by atomic mass is 16.4. The van der Waals surface area contributed by atoms with Crippen molar-refractivity contribution in [1.82, 2.24) is 4.90 Å². The lowest BCUT2D eigenvalue weighted by molar-refractivity contribution is 0.0623. The van der Waals surface area contributed by atoms with Crippen LogP contribution in [0.25, 0.3) is 0 Å². The van der Waals surface area contributed by atoms with E-state index in [0.29, 0.717) is 41.7 Å². The van der Waals surface area contributed by atoms with E-state index in [1.807, 2.05) is 4.90 Å². The third-order valence-corrected chi connectivity index (χ3v) is 4.96. The second kappa shape index (κ2) is 8.25. The second-order valence-electron chi connectivity index (χ2n) is 7.54. The van der Waals surface area contributed by atoms with Gasteiger partial charge >= 0.3 is 5.97 Å². The molecule has 2 amide bonds. The van der Waals surface area contributed by atoms with E-state index in [4.69, 9.17) is 5.11 Å². The Balaban J connectivity index is 1.79. The van der Waals surface area contributed by atoms with Crippen LogP contribution in [-0.4, -0.2) is 40.9 Å². The number of aromatic carboxylic acids is 1. The number of carbonyl (C=O) groups excluding carboxylic acids is 2. The van der Waals surface area contributed by atoms with Crippen LogP contribution in [0, 0.1) is 11.8 Å². The Morgan fingerprint density at radius 1 is 0.929 bits per heavy atom.